The molecule has 0 fully saturated rings. The van der Waals surface area contributed by atoms with E-state index in [0.29, 0.717) is 5.69 Å². The van der Waals surface area contributed by atoms with E-state index in [0.717, 1.165) is 5.56 Å². The molecule has 0 aliphatic carbocycles. The molecule has 0 aliphatic rings. The van der Waals surface area contributed by atoms with E-state index in [4.69, 9.17) is 0 Å². The third-order valence-corrected chi connectivity index (χ3v) is 1.38. The van der Waals surface area contributed by atoms with Crippen molar-refractivity contribution in [2.24, 2.45) is 0 Å². The smallest absolute Gasteiger partial charge is 0.247 e. The van der Waals surface area contributed by atoms with E-state index in [1.807, 2.05) is 19.1 Å². The zero-order chi connectivity index (χ0) is 8.97. The summed E-state index contributed by atoms with van der Waals surface area (Å²) in [7, 11) is 0. The first kappa shape index (κ1) is 8.53. The lowest BCUT2D eigenvalue weighted by Gasteiger charge is -2.00. The van der Waals surface area contributed by atoms with Gasteiger partial charge in [0.2, 0.25) is 5.91 Å². The van der Waals surface area contributed by atoms with Crippen molar-refractivity contribution in [3.8, 4) is 0 Å². The molecule has 2 heteroatoms. The second-order valence-corrected chi connectivity index (χ2v) is 2.44. The normalized spacial score (nSPS) is 9.08. The van der Waals surface area contributed by atoms with Crippen molar-refractivity contribution in [3.63, 3.8) is 0 Å². The second-order valence-electron chi connectivity index (χ2n) is 2.44. The Bertz CT molecular complexity index is 304. The van der Waals surface area contributed by atoms with Crippen LogP contribution in [0.4, 0.5) is 5.69 Å². The number of rotatable bonds is 2. The highest BCUT2D eigenvalue weighted by molar-refractivity contribution is 5.98. The molecule has 1 aromatic carbocycles. The fraction of sp³-hybridized carbons (Fsp3) is 0.100. The van der Waals surface area contributed by atoms with E-state index in [9.17, 15) is 4.79 Å². The number of carbonyl (C=O) groups excluding carboxylic acids is 1. The Morgan fingerprint density at radius 2 is 2.42 bits per heavy atom. The van der Waals surface area contributed by atoms with E-state index >= 15 is 0 Å². The van der Waals surface area contributed by atoms with Gasteiger partial charge in [-0.3, -0.25) is 4.79 Å². The van der Waals surface area contributed by atoms with Gasteiger partial charge in [-0.15, -0.1) is 0 Å². The van der Waals surface area contributed by atoms with Gasteiger partial charge in [0.1, 0.15) is 0 Å². The molecule has 0 unspecified atom stereocenters. The lowest BCUT2D eigenvalue weighted by atomic mass is 10.2. The molecule has 61 valence electrons. The van der Waals surface area contributed by atoms with Crippen molar-refractivity contribution in [3.05, 3.63) is 42.5 Å². The van der Waals surface area contributed by atoms with Crippen molar-refractivity contribution < 1.29 is 4.79 Å². The van der Waals surface area contributed by atoms with Gasteiger partial charge in [0, 0.05) is 11.8 Å². The second kappa shape index (κ2) is 3.72. The number of hydrogen-bond donors (Lipinski definition) is 1. The van der Waals surface area contributed by atoms with Crippen molar-refractivity contribution >= 4 is 11.6 Å². The minimum absolute atomic E-state index is 0.211. The monoisotopic (exact) mass is 160 g/mol. The fourth-order valence-corrected chi connectivity index (χ4v) is 0.841. The van der Waals surface area contributed by atoms with Crippen LogP contribution in [0.1, 0.15) is 5.56 Å². The lowest BCUT2D eigenvalue weighted by Crippen LogP contribution is -2.07. The summed E-state index contributed by atoms with van der Waals surface area (Å²) in [5, 5.41) is 2.62. The quantitative estimate of drug-likeness (QED) is 0.658. The molecule has 2 nitrogen and oxygen atoms in total. The third-order valence-electron chi connectivity index (χ3n) is 1.38. The minimum atomic E-state index is -0.211. The van der Waals surface area contributed by atoms with Crippen LogP contribution in [0.3, 0.4) is 0 Å². The maximum Gasteiger partial charge on any atom is 0.247 e. The lowest BCUT2D eigenvalue weighted by molar-refractivity contribution is -0.111. The van der Waals surface area contributed by atoms with Crippen molar-refractivity contribution in [1.82, 2.24) is 0 Å². The number of amides is 1. The van der Waals surface area contributed by atoms with Crippen LogP contribution < -0.4 is 5.32 Å². The highest BCUT2D eigenvalue weighted by Crippen LogP contribution is 2.07. The van der Waals surface area contributed by atoms with Crippen LogP contribution in [0.15, 0.2) is 30.9 Å². The predicted molar refractivity (Wildman–Crippen MR) is 48.8 cm³/mol. The standard InChI is InChI=1S/C10H10NO/c1-3-10(12)11-9-6-4-5-8(2)7-9/h3-6H,1H2,2H3,(H,11,12). The Morgan fingerprint density at radius 1 is 1.67 bits per heavy atom. The van der Waals surface area contributed by atoms with Gasteiger partial charge in [-0.2, -0.15) is 0 Å². The third kappa shape index (κ3) is 2.23. The Morgan fingerprint density at radius 3 is 3.00 bits per heavy atom. The number of carbonyl (C=O) groups is 1. The van der Waals surface area contributed by atoms with E-state index in [-0.39, 0.29) is 5.91 Å². The molecule has 0 heterocycles. The molecule has 0 saturated heterocycles. The molecule has 1 aromatic rings. The average molecular weight is 160 g/mol. The number of benzene rings is 1. The topological polar surface area (TPSA) is 29.1 Å². The highest BCUT2D eigenvalue weighted by Gasteiger charge is 1.95. The summed E-state index contributed by atoms with van der Waals surface area (Å²) < 4.78 is 0. The summed E-state index contributed by atoms with van der Waals surface area (Å²) in [4.78, 5) is 10.8. The van der Waals surface area contributed by atoms with E-state index in [2.05, 4.69) is 18.0 Å². The Kier molecular flexibility index (Phi) is 2.64. The molecule has 0 saturated carbocycles. The number of aryl methyl sites for hydroxylation is 1. The summed E-state index contributed by atoms with van der Waals surface area (Å²) in [6.07, 6.45) is 1.23. The van der Waals surface area contributed by atoms with Crippen LogP contribution in [0, 0.1) is 13.0 Å². The zero-order valence-electron chi connectivity index (χ0n) is 6.92. The highest BCUT2D eigenvalue weighted by atomic mass is 16.1. The first-order chi connectivity index (χ1) is 5.72. The van der Waals surface area contributed by atoms with E-state index < -0.39 is 0 Å². The molecule has 0 aromatic heterocycles. The van der Waals surface area contributed by atoms with E-state index in [1.165, 1.54) is 6.08 Å². The number of anilines is 1. The van der Waals surface area contributed by atoms with Gasteiger partial charge in [-0.1, -0.05) is 18.7 Å². The van der Waals surface area contributed by atoms with E-state index in [1.54, 1.807) is 6.07 Å². The van der Waals surface area contributed by atoms with Crippen LogP contribution in [-0.2, 0) is 4.79 Å². The SMILES string of the molecule is C=CC(=O)Nc1[c]c(C)ccc1. The number of hydrogen-bond acceptors (Lipinski definition) is 1. The van der Waals surface area contributed by atoms with Crippen LogP contribution in [0.5, 0.6) is 0 Å². The van der Waals surface area contributed by atoms with Gasteiger partial charge < -0.3 is 5.32 Å². The van der Waals surface area contributed by atoms with Crippen LogP contribution >= 0.6 is 0 Å². The average Bonchev–Trinajstić information content (AvgIpc) is 2.04. The maximum absolute atomic E-state index is 10.8. The molecular weight excluding hydrogens is 150 g/mol. The Balaban J connectivity index is 2.76. The summed E-state index contributed by atoms with van der Waals surface area (Å²) in [5.74, 6) is -0.211. The molecule has 1 amide bonds. The maximum atomic E-state index is 10.8. The molecule has 12 heavy (non-hydrogen) atoms. The van der Waals surface area contributed by atoms with Gasteiger partial charge in [0.05, 0.1) is 0 Å². The first-order valence-corrected chi connectivity index (χ1v) is 3.65. The van der Waals surface area contributed by atoms with Crippen LogP contribution in [0.2, 0.25) is 0 Å². The molecule has 1 N–H and O–H groups in total. The van der Waals surface area contributed by atoms with Crippen LogP contribution in [0.25, 0.3) is 0 Å². The van der Waals surface area contributed by atoms with Gasteiger partial charge in [0.15, 0.2) is 0 Å². The molecule has 0 spiro atoms. The summed E-state index contributed by atoms with van der Waals surface area (Å²) in [6, 6.07) is 8.56. The van der Waals surface area contributed by atoms with Crippen LogP contribution in [-0.4, -0.2) is 5.91 Å². The van der Waals surface area contributed by atoms with Gasteiger partial charge in [0.25, 0.3) is 0 Å². The minimum Gasteiger partial charge on any atom is -0.322 e. The van der Waals surface area contributed by atoms with Gasteiger partial charge >= 0.3 is 0 Å². The van der Waals surface area contributed by atoms with Gasteiger partial charge in [-0.25, -0.2) is 0 Å². The number of nitrogens with one attached hydrogen (secondary N) is 1. The molecule has 1 rings (SSSR count). The largest absolute Gasteiger partial charge is 0.322 e. The first-order valence-electron chi connectivity index (χ1n) is 3.65. The molecular formula is C10H10NO. The summed E-state index contributed by atoms with van der Waals surface area (Å²) in [6.45, 7) is 5.27. The molecule has 0 atom stereocenters. The molecule has 0 aliphatic heterocycles. The fourth-order valence-electron chi connectivity index (χ4n) is 0.841. The van der Waals surface area contributed by atoms with Crippen molar-refractivity contribution in [2.45, 2.75) is 6.92 Å². The predicted octanol–water partition coefficient (Wildman–Crippen LogP) is 1.92. The Labute approximate surface area is 71.9 Å². The van der Waals surface area contributed by atoms with Crippen molar-refractivity contribution in [2.75, 3.05) is 5.32 Å². The van der Waals surface area contributed by atoms with Gasteiger partial charge in [-0.05, 0) is 24.6 Å². The van der Waals surface area contributed by atoms with Crippen molar-refractivity contribution in [1.29, 1.82) is 0 Å². The summed E-state index contributed by atoms with van der Waals surface area (Å²) in [5.41, 5.74) is 1.68. The zero-order valence-corrected chi connectivity index (χ0v) is 6.92. The molecule has 0 bridgehead atoms. The summed E-state index contributed by atoms with van der Waals surface area (Å²) >= 11 is 0. The molecule has 1 radical (unpaired) electrons. The Hall–Kier alpha value is -1.57.